The number of carbonyl (C=O) groups is 1. The molecule has 0 saturated carbocycles. The third kappa shape index (κ3) is 3.72. The van der Waals surface area contributed by atoms with E-state index in [1.165, 1.54) is 0 Å². The Hall–Kier alpha value is -2.14. The van der Waals surface area contributed by atoms with Crippen molar-refractivity contribution in [3.05, 3.63) is 70.7 Å². The minimum Gasteiger partial charge on any atom is -0.497 e. The number of methoxy groups -OCH3 is 1. The van der Waals surface area contributed by atoms with Gasteiger partial charge in [-0.15, -0.1) is 0 Å². The second-order valence-corrected chi connectivity index (χ2v) is 8.25. The van der Waals surface area contributed by atoms with E-state index >= 15 is 0 Å². The van der Waals surface area contributed by atoms with Crippen molar-refractivity contribution >= 4 is 46.6 Å². The standard InChI is InChI=1S/C22H17Cl2NO2S/c1-27-16-6-2-14(3-7-16)18-10-11-19(25-13-12-20(25)26)21(24)22(18)28-17-8-4-15(23)5-9-17/h2-11H,12-13H2,1H3. The number of carbonyl (C=O) groups excluding carboxylic acids is 1. The molecule has 3 aromatic carbocycles. The van der Waals surface area contributed by atoms with E-state index in [0.717, 1.165) is 32.4 Å². The van der Waals surface area contributed by atoms with Crippen LogP contribution in [0.2, 0.25) is 10.0 Å². The molecule has 3 aromatic rings. The summed E-state index contributed by atoms with van der Waals surface area (Å²) < 4.78 is 5.26. The molecule has 4 rings (SSSR count). The highest BCUT2D eigenvalue weighted by Crippen LogP contribution is 2.46. The van der Waals surface area contributed by atoms with Gasteiger partial charge in [0.1, 0.15) is 5.75 Å². The van der Waals surface area contributed by atoms with E-state index in [2.05, 4.69) is 0 Å². The van der Waals surface area contributed by atoms with Crippen molar-refractivity contribution in [3.63, 3.8) is 0 Å². The molecule has 0 unspecified atom stereocenters. The number of anilines is 1. The summed E-state index contributed by atoms with van der Waals surface area (Å²) in [5, 5.41) is 1.27. The molecular weight excluding hydrogens is 413 g/mol. The van der Waals surface area contributed by atoms with Gasteiger partial charge in [0, 0.05) is 27.8 Å². The molecule has 0 bridgehead atoms. The first kappa shape index (κ1) is 19.2. The number of β-lactam (4-membered cyclic amide) rings is 1. The van der Waals surface area contributed by atoms with Crippen molar-refractivity contribution < 1.29 is 9.53 Å². The van der Waals surface area contributed by atoms with Crippen LogP contribution in [0.5, 0.6) is 5.75 Å². The Bertz CT molecular complexity index is 1020. The van der Waals surface area contributed by atoms with Gasteiger partial charge in [0.25, 0.3) is 0 Å². The topological polar surface area (TPSA) is 29.5 Å². The molecule has 0 spiro atoms. The van der Waals surface area contributed by atoms with Crippen LogP contribution in [0.1, 0.15) is 6.42 Å². The molecule has 0 aromatic heterocycles. The summed E-state index contributed by atoms with van der Waals surface area (Å²) >= 11 is 14.4. The van der Waals surface area contributed by atoms with Gasteiger partial charge < -0.3 is 9.64 Å². The van der Waals surface area contributed by atoms with Crippen molar-refractivity contribution in [1.82, 2.24) is 0 Å². The average Bonchev–Trinajstić information content (AvgIpc) is 2.71. The van der Waals surface area contributed by atoms with Crippen molar-refractivity contribution in [2.75, 3.05) is 18.6 Å². The average molecular weight is 430 g/mol. The maximum atomic E-state index is 11.9. The van der Waals surface area contributed by atoms with E-state index in [9.17, 15) is 4.79 Å². The minimum atomic E-state index is 0.0986. The summed E-state index contributed by atoms with van der Waals surface area (Å²) in [6.07, 6.45) is 0.566. The Morgan fingerprint density at radius 1 is 0.964 bits per heavy atom. The van der Waals surface area contributed by atoms with Crippen molar-refractivity contribution in [3.8, 4) is 16.9 Å². The van der Waals surface area contributed by atoms with E-state index in [1.54, 1.807) is 23.8 Å². The van der Waals surface area contributed by atoms with E-state index in [4.69, 9.17) is 27.9 Å². The number of halogens is 2. The van der Waals surface area contributed by atoms with Gasteiger partial charge in [-0.25, -0.2) is 0 Å². The molecule has 0 N–H and O–H groups in total. The quantitative estimate of drug-likeness (QED) is 0.430. The normalized spacial score (nSPS) is 13.4. The summed E-state index contributed by atoms with van der Waals surface area (Å²) in [6, 6.07) is 19.4. The highest BCUT2D eigenvalue weighted by atomic mass is 35.5. The first-order valence-corrected chi connectivity index (χ1v) is 10.3. The second-order valence-electron chi connectivity index (χ2n) is 6.36. The first-order valence-electron chi connectivity index (χ1n) is 8.77. The Balaban J connectivity index is 1.80. The van der Waals surface area contributed by atoms with Crippen LogP contribution in [-0.2, 0) is 4.79 Å². The van der Waals surface area contributed by atoms with Gasteiger partial charge in [-0.3, -0.25) is 4.79 Å². The van der Waals surface area contributed by atoms with Gasteiger partial charge in [0.2, 0.25) is 5.91 Å². The third-order valence-corrected chi connectivity index (χ3v) is 6.54. The molecule has 1 heterocycles. The zero-order chi connectivity index (χ0) is 19.7. The molecule has 6 heteroatoms. The van der Waals surface area contributed by atoms with E-state index in [0.29, 0.717) is 23.0 Å². The molecule has 0 atom stereocenters. The predicted octanol–water partition coefficient (Wildman–Crippen LogP) is 6.56. The lowest BCUT2D eigenvalue weighted by Gasteiger charge is -2.32. The van der Waals surface area contributed by atoms with Crippen LogP contribution in [-0.4, -0.2) is 19.6 Å². The number of rotatable bonds is 5. The summed E-state index contributed by atoms with van der Waals surface area (Å²) in [5.74, 6) is 0.895. The fraction of sp³-hybridized carbons (Fsp3) is 0.136. The van der Waals surface area contributed by atoms with Crippen LogP contribution in [0.15, 0.2) is 70.5 Å². The number of benzene rings is 3. The van der Waals surface area contributed by atoms with E-state index in [1.807, 2.05) is 60.7 Å². The molecule has 3 nitrogen and oxygen atoms in total. The molecule has 1 fully saturated rings. The highest BCUT2D eigenvalue weighted by Gasteiger charge is 2.28. The van der Waals surface area contributed by atoms with Crippen LogP contribution in [0, 0.1) is 0 Å². The smallest absolute Gasteiger partial charge is 0.228 e. The minimum absolute atomic E-state index is 0.0986. The van der Waals surface area contributed by atoms with Gasteiger partial charge in [0.05, 0.1) is 17.8 Å². The number of nitrogens with zero attached hydrogens (tertiary/aromatic N) is 1. The molecule has 1 amide bonds. The lowest BCUT2D eigenvalue weighted by Crippen LogP contribution is -2.43. The van der Waals surface area contributed by atoms with Gasteiger partial charge in [-0.1, -0.05) is 53.2 Å². The Morgan fingerprint density at radius 3 is 2.25 bits per heavy atom. The van der Waals surface area contributed by atoms with Gasteiger partial charge in [-0.05, 0) is 53.6 Å². The van der Waals surface area contributed by atoms with Crippen LogP contribution < -0.4 is 9.64 Å². The van der Waals surface area contributed by atoms with E-state index < -0.39 is 0 Å². The number of ether oxygens (including phenoxy) is 1. The largest absolute Gasteiger partial charge is 0.497 e. The maximum Gasteiger partial charge on any atom is 0.228 e. The van der Waals surface area contributed by atoms with Crippen molar-refractivity contribution in [2.45, 2.75) is 16.2 Å². The first-order chi connectivity index (χ1) is 13.6. The third-order valence-electron chi connectivity index (χ3n) is 4.65. The summed E-state index contributed by atoms with van der Waals surface area (Å²) in [4.78, 5) is 15.6. The SMILES string of the molecule is COc1ccc(-c2ccc(N3CCC3=O)c(Cl)c2Sc2ccc(Cl)cc2)cc1. The zero-order valence-electron chi connectivity index (χ0n) is 15.1. The summed E-state index contributed by atoms with van der Waals surface area (Å²) in [6.45, 7) is 0.700. The number of amides is 1. The van der Waals surface area contributed by atoms with Crippen molar-refractivity contribution in [1.29, 1.82) is 0 Å². The molecular formula is C22H17Cl2NO2S. The highest BCUT2D eigenvalue weighted by molar-refractivity contribution is 7.99. The Kier molecular flexibility index (Phi) is 5.54. The molecule has 1 saturated heterocycles. The molecule has 28 heavy (non-hydrogen) atoms. The second kappa shape index (κ2) is 8.08. The van der Waals surface area contributed by atoms with Gasteiger partial charge >= 0.3 is 0 Å². The van der Waals surface area contributed by atoms with Crippen LogP contribution in [0.4, 0.5) is 5.69 Å². The number of hydrogen-bond donors (Lipinski definition) is 0. The molecule has 0 aliphatic carbocycles. The molecule has 1 aliphatic rings. The van der Waals surface area contributed by atoms with Crippen molar-refractivity contribution in [2.24, 2.45) is 0 Å². The fourth-order valence-corrected chi connectivity index (χ4v) is 4.55. The molecule has 142 valence electrons. The molecule has 0 radical (unpaired) electrons. The van der Waals surface area contributed by atoms with Gasteiger partial charge in [-0.2, -0.15) is 0 Å². The Labute approximate surface area is 178 Å². The summed E-state index contributed by atoms with van der Waals surface area (Å²) in [7, 11) is 1.65. The van der Waals surface area contributed by atoms with Crippen LogP contribution in [0.3, 0.4) is 0 Å². The lowest BCUT2D eigenvalue weighted by molar-refractivity contribution is -0.122. The monoisotopic (exact) mass is 429 g/mol. The predicted molar refractivity (Wildman–Crippen MR) is 116 cm³/mol. The zero-order valence-corrected chi connectivity index (χ0v) is 17.4. The fourth-order valence-electron chi connectivity index (χ4n) is 3.04. The van der Waals surface area contributed by atoms with Gasteiger partial charge in [0.15, 0.2) is 0 Å². The Morgan fingerprint density at radius 2 is 1.68 bits per heavy atom. The maximum absolute atomic E-state index is 11.9. The number of hydrogen-bond acceptors (Lipinski definition) is 3. The van der Waals surface area contributed by atoms with E-state index in [-0.39, 0.29) is 5.91 Å². The lowest BCUT2D eigenvalue weighted by atomic mass is 10.0. The van der Waals surface area contributed by atoms with Crippen LogP contribution >= 0.6 is 35.0 Å². The molecule has 1 aliphatic heterocycles. The van der Waals surface area contributed by atoms with Crippen LogP contribution in [0.25, 0.3) is 11.1 Å². The summed E-state index contributed by atoms with van der Waals surface area (Å²) in [5.41, 5.74) is 2.79.